The van der Waals surface area contributed by atoms with Gasteiger partial charge in [0.2, 0.25) is 0 Å². The molecule has 0 radical (unpaired) electrons. The fraction of sp³-hybridized carbons (Fsp3) is 0.125. The number of anilines is 1. The molecule has 7 nitrogen and oxygen atoms in total. The molecule has 3 aromatic rings. The van der Waals surface area contributed by atoms with Crippen LogP contribution in [0.5, 0.6) is 0 Å². The molecule has 8 heteroatoms. The van der Waals surface area contributed by atoms with Crippen LogP contribution in [0, 0.1) is 5.82 Å². The van der Waals surface area contributed by atoms with Crippen LogP contribution in [0.2, 0.25) is 0 Å². The Balaban J connectivity index is 1.65. The lowest BCUT2D eigenvalue weighted by molar-refractivity contribution is 0.249. The topological polar surface area (TPSA) is 95.6 Å². The van der Waals surface area contributed by atoms with Crippen LogP contribution in [-0.4, -0.2) is 26.2 Å². The zero-order valence-electron chi connectivity index (χ0n) is 12.8. The van der Waals surface area contributed by atoms with Crippen LogP contribution in [0.15, 0.2) is 48.8 Å². The summed E-state index contributed by atoms with van der Waals surface area (Å²) in [6.45, 7) is 1.74. The third-order valence-electron chi connectivity index (χ3n) is 3.30. The number of H-pyrrole nitrogens is 1. The first-order valence-corrected chi connectivity index (χ1v) is 7.28. The molecule has 0 fully saturated rings. The Kier molecular flexibility index (Phi) is 4.46. The number of aromatic amines is 1. The van der Waals surface area contributed by atoms with Gasteiger partial charge in [0.25, 0.3) is 0 Å². The summed E-state index contributed by atoms with van der Waals surface area (Å²) in [7, 11) is 0. The van der Waals surface area contributed by atoms with Crippen molar-refractivity contribution in [3.8, 4) is 11.4 Å². The fourth-order valence-corrected chi connectivity index (χ4v) is 2.08. The minimum Gasteiger partial charge on any atom is -0.328 e. The van der Waals surface area contributed by atoms with Crippen molar-refractivity contribution in [2.75, 3.05) is 5.32 Å². The van der Waals surface area contributed by atoms with Crippen molar-refractivity contribution in [2.24, 2.45) is 0 Å². The van der Waals surface area contributed by atoms with Gasteiger partial charge in [-0.25, -0.2) is 14.2 Å². The van der Waals surface area contributed by atoms with Gasteiger partial charge in [0.15, 0.2) is 5.82 Å². The largest absolute Gasteiger partial charge is 0.328 e. The molecule has 3 N–H and O–H groups in total. The van der Waals surface area contributed by atoms with Gasteiger partial charge in [-0.05, 0) is 31.2 Å². The number of pyridine rings is 1. The second-order valence-corrected chi connectivity index (χ2v) is 5.09. The summed E-state index contributed by atoms with van der Waals surface area (Å²) in [5, 5.41) is 12.0. The Morgan fingerprint density at radius 2 is 2.08 bits per heavy atom. The van der Waals surface area contributed by atoms with Crippen molar-refractivity contribution in [1.29, 1.82) is 0 Å². The molecule has 0 bridgehead atoms. The summed E-state index contributed by atoms with van der Waals surface area (Å²) in [4.78, 5) is 20.3. The Bertz CT molecular complexity index is 835. The Hall–Kier alpha value is -3.29. The van der Waals surface area contributed by atoms with E-state index in [1.54, 1.807) is 37.5 Å². The van der Waals surface area contributed by atoms with Crippen LogP contribution < -0.4 is 10.6 Å². The highest BCUT2D eigenvalue weighted by Crippen LogP contribution is 2.16. The van der Waals surface area contributed by atoms with Gasteiger partial charge in [-0.1, -0.05) is 12.1 Å². The second kappa shape index (κ2) is 6.86. The Labute approximate surface area is 137 Å². The zero-order valence-corrected chi connectivity index (χ0v) is 12.8. The summed E-state index contributed by atoms with van der Waals surface area (Å²) in [5.41, 5.74) is 0.874. The molecule has 122 valence electrons. The minimum absolute atomic E-state index is 0.107. The lowest BCUT2D eigenvalue weighted by Crippen LogP contribution is -2.32. The molecule has 1 atom stereocenters. The first kappa shape index (κ1) is 15.6. The van der Waals surface area contributed by atoms with Crippen LogP contribution in [0.4, 0.5) is 14.9 Å². The third-order valence-corrected chi connectivity index (χ3v) is 3.30. The molecule has 0 aliphatic rings. The molecule has 0 saturated heterocycles. The van der Waals surface area contributed by atoms with Gasteiger partial charge in [0.1, 0.15) is 11.6 Å². The number of carbonyl (C=O) groups is 1. The molecule has 1 aromatic carbocycles. The number of hydrogen-bond donors (Lipinski definition) is 3. The number of urea groups is 1. The molecule has 24 heavy (non-hydrogen) atoms. The number of rotatable bonds is 4. The molecule has 2 aromatic heterocycles. The summed E-state index contributed by atoms with van der Waals surface area (Å²) in [6.07, 6.45) is 3.31. The number of benzene rings is 1. The number of amides is 2. The first-order valence-electron chi connectivity index (χ1n) is 7.28. The molecular weight excluding hydrogens is 311 g/mol. The van der Waals surface area contributed by atoms with Crippen molar-refractivity contribution in [2.45, 2.75) is 13.0 Å². The quantitative estimate of drug-likeness (QED) is 0.687. The van der Waals surface area contributed by atoms with Crippen LogP contribution in [0.3, 0.4) is 0 Å². The van der Waals surface area contributed by atoms with Gasteiger partial charge >= 0.3 is 6.03 Å². The number of nitrogens with zero attached hydrogens (tertiary/aromatic N) is 3. The predicted molar refractivity (Wildman–Crippen MR) is 86.6 cm³/mol. The highest BCUT2D eigenvalue weighted by atomic mass is 19.1. The van der Waals surface area contributed by atoms with E-state index in [-0.39, 0.29) is 5.69 Å². The smallest absolute Gasteiger partial charge is 0.319 e. The molecule has 0 saturated carbocycles. The first-order chi connectivity index (χ1) is 11.6. The maximum Gasteiger partial charge on any atom is 0.319 e. The fourth-order valence-electron chi connectivity index (χ4n) is 2.08. The third kappa shape index (κ3) is 3.54. The van der Waals surface area contributed by atoms with Crippen molar-refractivity contribution >= 4 is 11.7 Å². The highest BCUT2D eigenvalue weighted by molar-refractivity contribution is 5.89. The number of para-hydroxylation sites is 1. The normalized spacial score (nSPS) is 11.8. The van der Waals surface area contributed by atoms with Crippen molar-refractivity contribution in [1.82, 2.24) is 25.5 Å². The van der Waals surface area contributed by atoms with E-state index in [0.29, 0.717) is 11.6 Å². The van der Waals surface area contributed by atoms with Gasteiger partial charge in [-0.15, -0.1) is 0 Å². The number of carbonyl (C=O) groups excluding carboxylic acids is 1. The molecule has 2 amide bonds. The lowest BCUT2D eigenvalue weighted by Gasteiger charge is -2.12. The van der Waals surface area contributed by atoms with E-state index >= 15 is 0 Å². The minimum atomic E-state index is -0.535. The van der Waals surface area contributed by atoms with Crippen molar-refractivity contribution in [3.05, 3.63) is 60.4 Å². The average molecular weight is 326 g/mol. The molecule has 0 spiro atoms. The summed E-state index contributed by atoms with van der Waals surface area (Å²) in [6, 6.07) is 8.60. The maximum atomic E-state index is 13.5. The molecule has 3 rings (SSSR count). The van der Waals surface area contributed by atoms with E-state index in [9.17, 15) is 9.18 Å². The number of aromatic nitrogens is 4. The maximum absolute atomic E-state index is 13.5. The van der Waals surface area contributed by atoms with E-state index < -0.39 is 17.9 Å². The van der Waals surface area contributed by atoms with Gasteiger partial charge in [-0.3, -0.25) is 10.1 Å². The van der Waals surface area contributed by atoms with Crippen LogP contribution in [0.1, 0.15) is 18.8 Å². The summed E-state index contributed by atoms with van der Waals surface area (Å²) in [5.74, 6) is 0.470. The average Bonchev–Trinajstić information content (AvgIpc) is 3.08. The number of nitrogens with one attached hydrogen (secondary N) is 3. The van der Waals surface area contributed by atoms with Crippen LogP contribution in [0.25, 0.3) is 11.4 Å². The predicted octanol–water partition coefficient (Wildman–Crippen LogP) is 2.89. The van der Waals surface area contributed by atoms with E-state index in [1.165, 1.54) is 12.1 Å². The van der Waals surface area contributed by atoms with Gasteiger partial charge in [0.05, 0.1) is 11.7 Å². The van der Waals surface area contributed by atoms with Gasteiger partial charge < -0.3 is 10.6 Å². The van der Waals surface area contributed by atoms with E-state index in [2.05, 4.69) is 30.8 Å². The zero-order chi connectivity index (χ0) is 16.9. The highest BCUT2D eigenvalue weighted by Gasteiger charge is 2.15. The van der Waals surface area contributed by atoms with Crippen molar-refractivity contribution < 1.29 is 9.18 Å². The van der Waals surface area contributed by atoms with Gasteiger partial charge in [-0.2, -0.15) is 5.10 Å². The van der Waals surface area contributed by atoms with E-state index in [0.717, 1.165) is 5.56 Å². The summed E-state index contributed by atoms with van der Waals surface area (Å²) >= 11 is 0. The molecule has 1 unspecified atom stereocenters. The molecule has 0 aliphatic carbocycles. The Morgan fingerprint density at radius 1 is 1.25 bits per heavy atom. The van der Waals surface area contributed by atoms with Crippen LogP contribution in [-0.2, 0) is 0 Å². The van der Waals surface area contributed by atoms with E-state index in [4.69, 9.17) is 0 Å². The summed E-state index contributed by atoms with van der Waals surface area (Å²) < 4.78 is 13.5. The van der Waals surface area contributed by atoms with E-state index in [1.807, 2.05) is 6.07 Å². The molecule has 2 heterocycles. The molecule has 0 aliphatic heterocycles. The van der Waals surface area contributed by atoms with Crippen molar-refractivity contribution in [3.63, 3.8) is 0 Å². The van der Waals surface area contributed by atoms with Gasteiger partial charge in [0, 0.05) is 18.0 Å². The second-order valence-electron chi connectivity index (χ2n) is 5.09. The Morgan fingerprint density at radius 3 is 2.83 bits per heavy atom. The lowest BCUT2D eigenvalue weighted by atomic mass is 10.3. The SMILES string of the molecule is CC(NC(=O)Nc1ccccc1F)c1nc(-c2cccnc2)n[nH]1. The monoisotopic (exact) mass is 326 g/mol. The number of halogens is 1. The standard InChI is InChI=1S/C16H15FN6O/c1-10(19-16(24)20-13-7-3-2-6-12(13)17)14-21-15(23-22-14)11-5-4-8-18-9-11/h2-10H,1H3,(H2,19,20,24)(H,21,22,23). The number of hydrogen-bond acceptors (Lipinski definition) is 4. The molecular formula is C16H15FN6O. The van der Waals surface area contributed by atoms with Crippen LogP contribution >= 0.6 is 0 Å².